The number of carbonyl (C=O) groups is 2. The van der Waals surface area contributed by atoms with Crippen LogP contribution in [0, 0.1) is 0 Å². The lowest BCUT2D eigenvalue weighted by atomic mass is 10.2. The van der Waals surface area contributed by atoms with Crippen molar-refractivity contribution in [1.82, 2.24) is 9.71 Å². The largest absolute Gasteiger partial charge is 0.454 e. The molecule has 1 aromatic heterocycles. The van der Waals surface area contributed by atoms with Gasteiger partial charge >= 0.3 is 5.97 Å². The number of ketones is 1. The van der Waals surface area contributed by atoms with Crippen LogP contribution in [0.2, 0.25) is 5.02 Å². The van der Waals surface area contributed by atoms with Crippen LogP contribution in [-0.4, -0.2) is 31.8 Å². The number of aromatic amines is 1. The third-order valence-corrected chi connectivity index (χ3v) is 5.88. The van der Waals surface area contributed by atoms with E-state index >= 15 is 0 Å². The minimum atomic E-state index is -3.97. The van der Waals surface area contributed by atoms with Crippen molar-refractivity contribution in [2.45, 2.75) is 11.4 Å². The van der Waals surface area contributed by atoms with E-state index in [0.29, 0.717) is 5.69 Å². The van der Waals surface area contributed by atoms with E-state index in [-0.39, 0.29) is 22.0 Å². The lowest BCUT2D eigenvalue weighted by Gasteiger charge is -2.10. The predicted molar refractivity (Wildman–Crippen MR) is 107 cm³/mol. The van der Waals surface area contributed by atoms with Crippen LogP contribution in [0.3, 0.4) is 0 Å². The molecule has 3 aromatic rings. The monoisotopic (exact) mass is 432 g/mol. The highest BCUT2D eigenvalue weighted by Crippen LogP contribution is 2.23. The number of aromatic nitrogens is 1. The molecule has 9 heteroatoms. The van der Waals surface area contributed by atoms with E-state index in [4.69, 9.17) is 16.3 Å². The number of sulfonamides is 1. The minimum Gasteiger partial charge on any atom is -0.454 e. The number of carbonyl (C=O) groups excluding carboxylic acids is 2. The maximum absolute atomic E-state index is 12.6. The molecule has 0 unspecified atom stereocenters. The summed E-state index contributed by atoms with van der Waals surface area (Å²) >= 11 is 6.03. The van der Waals surface area contributed by atoms with Crippen molar-refractivity contribution in [3.05, 3.63) is 88.7 Å². The molecule has 0 atom stereocenters. The van der Waals surface area contributed by atoms with E-state index in [1.807, 2.05) is 6.07 Å². The molecule has 7 nitrogen and oxygen atoms in total. The summed E-state index contributed by atoms with van der Waals surface area (Å²) in [4.78, 5) is 26.6. The molecule has 0 fully saturated rings. The van der Waals surface area contributed by atoms with Gasteiger partial charge in [-0.1, -0.05) is 41.9 Å². The van der Waals surface area contributed by atoms with Crippen LogP contribution in [0.25, 0.3) is 0 Å². The summed E-state index contributed by atoms with van der Waals surface area (Å²) in [6, 6.07) is 15.9. The molecule has 0 aliphatic carbocycles. The number of nitrogens with one attached hydrogen (secondary N) is 2. The molecule has 0 saturated carbocycles. The third-order valence-electron chi connectivity index (χ3n) is 4.00. The average molecular weight is 433 g/mol. The standard InChI is InChI=1S/C20H17ClN2O5S/c21-16-9-8-15(20(25)28-13-18(24)17-7-4-10-22-17)11-19(16)29(26,27)23-12-14-5-2-1-3-6-14/h1-11,22-23H,12-13H2. The highest BCUT2D eigenvalue weighted by atomic mass is 35.5. The van der Waals surface area contributed by atoms with Gasteiger partial charge in [-0.3, -0.25) is 4.79 Å². The summed E-state index contributed by atoms with van der Waals surface area (Å²) in [5, 5.41) is -0.0374. The van der Waals surface area contributed by atoms with E-state index in [1.54, 1.807) is 42.6 Å². The van der Waals surface area contributed by atoms with Gasteiger partial charge in [0.05, 0.1) is 16.3 Å². The number of benzene rings is 2. The van der Waals surface area contributed by atoms with Crippen molar-refractivity contribution in [3.63, 3.8) is 0 Å². The van der Waals surface area contributed by atoms with Gasteiger partial charge in [0.15, 0.2) is 6.61 Å². The number of hydrogen-bond acceptors (Lipinski definition) is 5. The van der Waals surface area contributed by atoms with Crippen LogP contribution in [0.15, 0.2) is 71.8 Å². The molecule has 29 heavy (non-hydrogen) atoms. The van der Waals surface area contributed by atoms with Crippen LogP contribution in [0.1, 0.15) is 26.4 Å². The molecule has 0 saturated heterocycles. The van der Waals surface area contributed by atoms with Gasteiger partial charge in [0.2, 0.25) is 15.8 Å². The van der Waals surface area contributed by atoms with Crippen LogP contribution in [0.4, 0.5) is 0 Å². The Morgan fingerprint density at radius 1 is 1.03 bits per heavy atom. The van der Waals surface area contributed by atoms with Gasteiger partial charge in [0.25, 0.3) is 0 Å². The van der Waals surface area contributed by atoms with Crippen molar-refractivity contribution in [1.29, 1.82) is 0 Å². The Bertz CT molecular complexity index is 1110. The first kappa shape index (κ1) is 20.8. The Labute approximate surface area is 172 Å². The minimum absolute atomic E-state index is 0.0335. The maximum atomic E-state index is 12.6. The van der Waals surface area contributed by atoms with Crippen molar-refractivity contribution in [3.8, 4) is 0 Å². The van der Waals surface area contributed by atoms with Gasteiger partial charge in [-0.25, -0.2) is 17.9 Å². The summed E-state index contributed by atoms with van der Waals surface area (Å²) in [5.74, 6) is -1.24. The number of hydrogen-bond donors (Lipinski definition) is 2. The van der Waals surface area contributed by atoms with E-state index < -0.39 is 28.4 Å². The van der Waals surface area contributed by atoms with Crippen molar-refractivity contribution in [2.24, 2.45) is 0 Å². The normalized spacial score (nSPS) is 11.2. The fourth-order valence-corrected chi connectivity index (χ4v) is 4.03. The van der Waals surface area contributed by atoms with Gasteiger partial charge in [-0.2, -0.15) is 0 Å². The van der Waals surface area contributed by atoms with Gasteiger partial charge < -0.3 is 9.72 Å². The van der Waals surface area contributed by atoms with Crippen LogP contribution < -0.4 is 4.72 Å². The average Bonchev–Trinajstić information content (AvgIpc) is 3.26. The molecule has 0 bridgehead atoms. The zero-order valence-corrected chi connectivity index (χ0v) is 16.7. The van der Waals surface area contributed by atoms with Crippen LogP contribution in [0.5, 0.6) is 0 Å². The predicted octanol–water partition coefficient (Wildman–Crippen LogP) is 3.19. The molecule has 2 aromatic carbocycles. The number of ether oxygens (including phenoxy) is 1. The molecular formula is C20H17ClN2O5S. The fourth-order valence-electron chi connectivity index (χ4n) is 2.48. The smallest absolute Gasteiger partial charge is 0.338 e. The molecule has 0 aliphatic rings. The summed E-state index contributed by atoms with van der Waals surface area (Å²) in [6.45, 7) is -0.408. The highest BCUT2D eigenvalue weighted by Gasteiger charge is 2.21. The second kappa shape index (κ2) is 9.04. The Morgan fingerprint density at radius 3 is 2.48 bits per heavy atom. The third kappa shape index (κ3) is 5.32. The van der Waals surface area contributed by atoms with Gasteiger partial charge in [0.1, 0.15) is 4.90 Å². The topological polar surface area (TPSA) is 105 Å². The lowest BCUT2D eigenvalue weighted by molar-refractivity contribution is 0.0473. The molecule has 0 spiro atoms. The molecule has 3 rings (SSSR count). The summed E-state index contributed by atoms with van der Waals surface area (Å²) in [6.07, 6.45) is 1.58. The molecule has 150 valence electrons. The molecule has 0 aliphatic heterocycles. The first-order valence-corrected chi connectivity index (χ1v) is 10.4. The number of H-pyrrole nitrogens is 1. The van der Waals surface area contributed by atoms with Crippen LogP contribution in [-0.2, 0) is 21.3 Å². The summed E-state index contributed by atoms with van der Waals surface area (Å²) < 4.78 is 32.7. The van der Waals surface area contributed by atoms with Crippen molar-refractivity contribution < 1.29 is 22.7 Å². The zero-order valence-electron chi connectivity index (χ0n) is 15.1. The second-order valence-electron chi connectivity index (χ2n) is 6.04. The fraction of sp³-hybridized carbons (Fsp3) is 0.100. The Balaban J connectivity index is 1.71. The maximum Gasteiger partial charge on any atom is 0.338 e. The van der Waals surface area contributed by atoms with E-state index in [0.717, 1.165) is 11.6 Å². The Kier molecular flexibility index (Phi) is 6.48. The second-order valence-corrected chi connectivity index (χ2v) is 8.18. The lowest BCUT2D eigenvalue weighted by Crippen LogP contribution is -2.24. The van der Waals surface area contributed by atoms with Crippen molar-refractivity contribution in [2.75, 3.05) is 6.61 Å². The van der Waals surface area contributed by atoms with E-state index in [1.165, 1.54) is 12.1 Å². The number of rotatable bonds is 8. The quantitative estimate of drug-likeness (QED) is 0.420. The Hall–Kier alpha value is -2.94. The first-order chi connectivity index (χ1) is 13.9. The molecule has 2 N–H and O–H groups in total. The first-order valence-electron chi connectivity index (χ1n) is 8.54. The Morgan fingerprint density at radius 2 is 1.79 bits per heavy atom. The number of halogens is 1. The highest BCUT2D eigenvalue weighted by molar-refractivity contribution is 7.89. The SMILES string of the molecule is O=C(OCC(=O)c1ccc[nH]1)c1ccc(Cl)c(S(=O)(=O)NCc2ccccc2)c1. The zero-order chi connectivity index (χ0) is 20.9. The summed E-state index contributed by atoms with van der Waals surface area (Å²) in [5.41, 5.74) is 1.04. The van der Waals surface area contributed by atoms with Gasteiger partial charge in [-0.15, -0.1) is 0 Å². The molecular weight excluding hydrogens is 416 g/mol. The van der Waals surface area contributed by atoms with Crippen molar-refractivity contribution >= 4 is 33.4 Å². The van der Waals surface area contributed by atoms with Gasteiger partial charge in [-0.05, 0) is 35.9 Å². The van der Waals surface area contributed by atoms with Gasteiger partial charge in [0, 0.05) is 12.7 Å². The summed E-state index contributed by atoms with van der Waals surface area (Å²) in [7, 11) is -3.97. The van der Waals surface area contributed by atoms with E-state index in [9.17, 15) is 18.0 Å². The molecule has 0 amide bonds. The van der Waals surface area contributed by atoms with Crippen LogP contribution >= 0.6 is 11.6 Å². The molecule has 1 heterocycles. The number of Topliss-reactive ketones (excluding diaryl/α,β-unsaturated/α-hetero) is 1. The van der Waals surface area contributed by atoms with E-state index in [2.05, 4.69) is 9.71 Å². The molecule has 0 radical (unpaired) electrons. The number of esters is 1.